The van der Waals surface area contributed by atoms with Gasteiger partial charge >= 0.3 is 0 Å². The van der Waals surface area contributed by atoms with Crippen molar-refractivity contribution in [1.29, 1.82) is 0 Å². The highest BCUT2D eigenvalue weighted by Gasteiger charge is 2.09. The number of hydrogen-bond donors (Lipinski definition) is 2. The molecule has 0 bridgehead atoms. The zero-order chi connectivity index (χ0) is 15.8. The van der Waals surface area contributed by atoms with Crippen LogP contribution >= 0.6 is 0 Å². The van der Waals surface area contributed by atoms with E-state index in [9.17, 15) is 9.59 Å². The molecule has 0 radical (unpaired) electrons. The second-order valence-electron chi connectivity index (χ2n) is 5.86. The third-order valence-electron chi connectivity index (χ3n) is 3.26. The van der Waals surface area contributed by atoms with Crippen LogP contribution in [0, 0.1) is 5.92 Å². The van der Waals surface area contributed by atoms with E-state index in [1.807, 2.05) is 45.9 Å². The van der Waals surface area contributed by atoms with Crippen molar-refractivity contribution in [2.45, 2.75) is 53.1 Å². The minimum Gasteiger partial charge on any atom is -0.352 e. The molecule has 21 heavy (non-hydrogen) atoms. The minimum atomic E-state index is -0.0697. The molecule has 0 unspecified atom stereocenters. The lowest BCUT2D eigenvalue weighted by Gasteiger charge is -2.12. The predicted octanol–water partition coefficient (Wildman–Crippen LogP) is 2.88. The third-order valence-corrected chi connectivity index (χ3v) is 3.26. The van der Waals surface area contributed by atoms with Gasteiger partial charge in [0.25, 0.3) is 5.91 Å². The van der Waals surface area contributed by atoms with E-state index in [1.165, 1.54) is 0 Å². The Morgan fingerprint density at radius 1 is 1.19 bits per heavy atom. The summed E-state index contributed by atoms with van der Waals surface area (Å²) in [5.41, 5.74) is 1.56. The zero-order valence-corrected chi connectivity index (χ0v) is 13.4. The molecule has 0 fully saturated rings. The molecule has 0 saturated heterocycles. The normalized spacial score (nSPS) is 12.0. The van der Waals surface area contributed by atoms with E-state index in [-0.39, 0.29) is 17.9 Å². The van der Waals surface area contributed by atoms with Crippen LogP contribution in [0.5, 0.6) is 0 Å². The van der Waals surface area contributed by atoms with E-state index in [4.69, 9.17) is 0 Å². The first-order valence-electron chi connectivity index (χ1n) is 7.58. The molecule has 0 aliphatic rings. The number of hydrogen-bond acceptors (Lipinski definition) is 2. The lowest BCUT2D eigenvalue weighted by molar-refractivity contribution is -0.121. The van der Waals surface area contributed by atoms with E-state index < -0.39 is 0 Å². The molecule has 4 heteroatoms. The summed E-state index contributed by atoms with van der Waals surface area (Å²) in [6, 6.07) is 7.53. The second kappa shape index (κ2) is 8.45. The van der Waals surface area contributed by atoms with Crippen LogP contribution in [0.15, 0.2) is 24.3 Å². The van der Waals surface area contributed by atoms with Crippen molar-refractivity contribution in [2.75, 3.05) is 0 Å². The lowest BCUT2D eigenvalue weighted by Crippen LogP contribution is -2.32. The van der Waals surface area contributed by atoms with Crippen LogP contribution in [-0.2, 0) is 11.3 Å². The molecule has 0 heterocycles. The first-order valence-corrected chi connectivity index (χ1v) is 7.58. The standard InChI is InChI=1S/C17H26N2O2/c1-5-13(4)19-17(21)15-8-6-7-14(10-15)11-18-16(20)9-12(2)3/h6-8,10,12-13H,5,9,11H2,1-4H3,(H,18,20)(H,19,21)/t13-/m1/s1. The Bertz CT molecular complexity index is 483. The summed E-state index contributed by atoms with van der Waals surface area (Å²) in [6.45, 7) is 8.49. The molecule has 2 N–H and O–H groups in total. The molecule has 4 nitrogen and oxygen atoms in total. The maximum atomic E-state index is 12.1. The molecule has 1 rings (SSSR count). The van der Waals surface area contributed by atoms with Gasteiger partial charge in [0, 0.05) is 24.6 Å². The molecular formula is C17H26N2O2. The Morgan fingerprint density at radius 3 is 2.52 bits per heavy atom. The third kappa shape index (κ3) is 6.43. The van der Waals surface area contributed by atoms with Gasteiger partial charge in [-0.05, 0) is 37.0 Å². The Morgan fingerprint density at radius 2 is 1.90 bits per heavy atom. The number of carbonyl (C=O) groups excluding carboxylic acids is 2. The van der Waals surface area contributed by atoms with Gasteiger partial charge < -0.3 is 10.6 Å². The molecule has 0 spiro atoms. The second-order valence-corrected chi connectivity index (χ2v) is 5.86. The highest BCUT2D eigenvalue weighted by Crippen LogP contribution is 2.07. The van der Waals surface area contributed by atoms with Crippen LogP contribution in [0.3, 0.4) is 0 Å². The van der Waals surface area contributed by atoms with Crippen molar-refractivity contribution in [3.63, 3.8) is 0 Å². The minimum absolute atomic E-state index is 0.0412. The fraction of sp³-hybridized carbons (Fsp3) is 0.529. The van der Waals surface area contributed by atoms with E-state index in [0.29, 0.717) is 24.4 Å². The van der Waals surface area contributed by atoms with Crippen molar-refractivity contribution >= 4 is 11.8 Å². The molecule has 0 aliphatic heterocycles. The maximum Gasteiger partial charge on any atom is 0.251 e. The molecule has 116 valence electrons. The van der Waals surface area contributed by atoms with Gasteiger partial charge in [-0.15, -0.1) is 0 Å². The summed E-state index contributed by atoms with van der Waals surface area (Å²) < 4.78 is 0. The van der Waals surface area contributed by atoms with Crippen LogP contribution in [0.25, 0.3) is 0 Å². The summed E-state index contributed by atoms with van der Waals surface area (Å²) in [5, 5.41) is 5.82. The lowest BCUT2D eigenvalue weighted by atomic mass is 10.1. The van der Waals surface area contributed by atoms with Crippen LogP contribution in [-0.4, -0.2) is 17.9 Å². The van der Waals surface area contributed by atoms with Gasteiger partial charge in [-0.3, -0.25) is 9.59 Å². The number of rotatable bonds is 7. The smallest absolute Gasteiger partial charge is 0.251 e. The van der Waals surface area contributed by atoms with Gasteiger partial charge in [-0.2, -0.15) is 0 Å². The van der Waals surface area contributed by atoms with E-state index in [2.05, 4.69) is 10.6 Å². The zero-order valence-electron chi connectivity index (χ0n) is 13.4. The highest BCUT2D eigenvalue weighted by molar-refractivity contribution is 5.94. The van der Waals surface area contributed by atoms with Gasteiger partial charge in [-0.25, -0.2) is 0 Å². The molecule has 2 amide bonds. The van der Waals surface area contributed by atoms with E-state index >= 15 is 0 Å². The topological polar surface area (TPSA) is 58.2 Å². The first kappa shape index (κ1) is 17.2. The van der Waals surface area contributed by atoms with Gasteiger partial charge in [0.05, 0.1) is 0 Å². The van der Waals surface area contributed by atoms with Gasteiger partial charge in [0.1, 0.15) is 0 Å². The monoisotopic (exact) mass is 290 g/mol. The number of carbonyl (C=O) groups is 2. The van der Waals surface area contributed by atoms with Crippen LogP contribution in [0.4, 0.5) is 0 Å². The Balaban J connectivity index is 2.60. The fourth-order valence-corrected chi connectivity index (χ4v) is 1.88. The van der Waals surface area contributed by atoms with E-state index in [1.54, 1.807) is 6.07 Å². The molecule has 1 aromatic carbocycles. The quantitative estimate of drug-likeness (QED) is 0.811. The van der Waals surface area contributed by atoms with Crippen LogP contribution < -0.4 is 10.6 Å². The molecule has 1 atom stereocenters. The fourth-order valence-electron chi connectivity index (χ4n) is 1.88. The summed E-state index contributed by atoms with van der Waals surface area (Å²) in [6.07, 6.45) is 1.42. The van der Waals surface area contributed by atoms with Crippen molar-refractivity contribution < 1.29 is 9.59 Å². The number of amides is 2. The molecular weight excluding hydrogens is 264 g/mol. The maximum absolute atomic E-state index is 12.1. The van der Waals surface area contributed by atoms with Crippen molar-refractivity contribution in [3.8, 4) is 0 Å². The Labute approximate surface area is 127 Å². The summed E-state index contributed by atoms with van der Waals surface area (Å²) in [7, 11) is 0. The van der Waals surface area contributed by atoms with Crippen molar-refractivity contribution in [1.82, 2.24) is 10.6 Å². The van der Waals surface area contributed by atoms with Gasteiger partial charge in [-0.1, -0.05) is 32.9 Å². The predicted molar refractivity (Wildman–Crippen MR) is 85.0 cm³/mol. The summed E-state index contributed by atoms with van der Waals surface area (Å²) >= 11 is 0. The summed E-state index contributed by atoms with van der Waals surface area (Å²) in [5.74, 6) is 0.316. The Kier molecular flexibility index (Phi) is 6.92. The SMILES string of the molecule is CC[C@@H](C)NC(=O)c1cccc(CNC(=O)CC(C)C)c1. The number of benzene rings is 1. The van der Waals surface area contributed by atoms with Crippen LogP contribution in [0.1, 0.15) is 56.5 Å². The van der Waals surface area contributed by atoms with Gasteiger partial charge in [0.15, 0.2) is 0 Å². The first-order chi connectivity index (χ1) is 9.92. The van der Waals surface area contributed by atoms with Crippen molar-refractivity contribution in [3.05, 3.63) is 35.4 Å². The number of nitrogens with one attached hydrogen (secondary N) is 2. The molecule has 1 aromatic rings. The molecule has 0 aliphatic carbocycles. The van der Waals surface area contributed by atoms with Gasteiger partial charge in [0.2, 0.25) is 5.91 Å². The van der Waals surface area contributed by atoms with Crippen molar-refractivity contribution in [2.24, 2.45) is 5.92 Å². The van der Waals surface area contributed by atoms with Crippen LogP contribution in [0.2, 0.25) is 0 Å². The molecule has 0 saturated carbocycles. The molecule has 0 aromatic heterocycles. The average molecular weight is 290 g/mol. The Hall–Kier alpha value is -1.84. The average Bonchev–Trinajstić information content (AvgIpc) is 2.44. The summed E-state index contributed by atoms with van der Waals surface area (Å²) in [4.78, 5) is 23.7. The van der Waals surface area contributed by atoms with E-state index in [0.717, 1.165) is 12.0 Å². The largest absolute Gasteiger partial charge is 0.352 e. The highest BCUT2D eigenvalue weighted by atomic mass is 16.2.